The minimum absolute atomic E-state index is 0.309. The Morgan fingerprint density at radius 2 is 1.50 bits per heavy atom. The molecule has 0 radical (unpaired) electrons. The first-order chi connectivity index (χ1) is 11.4. The molecule has 0 bridgehead atoms. The Morgan fingerprint density at radius 1 is 0.917 bits per heavy atom. The van der Waals surface area contributed by atoms with Crippen LogP contribution >= 0.6 is 0 Å². The van der Waals surface area contributed by atoms with Crippen LogP contribution in [0.4, 0.5) is 11.4 Å². The highest BCUT2D eigenvalue weighted by Gasteiger charge is 2.17. The first-order valence-corrected chi connectivity index (χ1v) is 8.21. The summed E-state index contributed by atoms with van der Waals surface area (Å²) in [5.74, 6) is -1.02. The minimum atomic E-state index is -0.664. The Morgan fingerprint density at radius 3 is 2.17 bits per heavy atom. The SMILES string of the molecule is CCC(C)c1ccccc1NC(=O)C(=O)Nc1cccc(C)c1C. The number of nitrogens with one attached hydrogen (secondary N) is 2. The number of benzene rings is 2. The van der Waals surface area contributed by atoms with Crippen molar-refractivity contribution in [1.82, 2.24) is 0 Å². The third-order valence-electron chi connectivity index (χ3n) is 4.41. The number of carbonyl (C=O) groups excluding carboxylic acids is 2. The quantitative estimate of drug-likeness (QED) is 0.819. The lowest BCUT2D eigenvalue weighted by atomic mass is 9.97. The molecule has 0 aliphatic carbocycles. The van der Waals surface area contributed by atoms with Gasteiger partial charge in [-0.2, -0.15) is 0 Å². The molecule has 1 unspecified atom stereocenters. The third kappa shape index (κ3) is 4.02. The number of amides is 2. The van der Waals surface area contributed by atoms with Gasteiger partial charge in [-0.15, -0.1) is 0 Å². The maximum atomic E-state index is 12.3. The van der Waals surface area contributed by atoms with Gasteiger partial charge >= 0.3 is 11.8 Å². The molecule has 0 aromatic heterocycles. The van der Waals surface area contributed by atoms with Crippen LogP contribution in [0.25, 0.3) is 0 Å². The number of hydrogen-bond donors (Lipinski definition) is 2. The van der Waals surface area contributed by atoms with Gasteiger partial charge in [0.05, 0.1) is 0 Å². The van der Waals surface area contributed by atoms with Crippen molar-refractivity contribution in [2.75, 3.05) is 10.6 Å². The Kier molecular flexibility index (Phi) is 5.74. The Bertz CT molecular complexity index is 753. The van der Waals surface area contributed by atoms with E-state index in [4.69, 9.17) is 0 Å². The molecular formula is C20H24N2O2. The van der Waals surface area contributed by atoms with Crippen LogP contribution in [0, 0.1) is 13.8 Å². The lowest BCUT2D eigenvalue weighted by Gasteiger charge is -2.16. The molecule has 2 N–H and O–H groups in total. The highest BCUT2D eigenvalue weighted by Crippen LogP contribution is 2.26. The molecule has 0 fully saturated rings. The summed E-state index contributed by atoms with van der Waals surface area (Å²) in [5.41, 5.74) is 4.40. The predicted molar refractivity (Wildman–Crippen MR) is 98.3 cm³/mol. The molecule has 0 saturated heterocycles. The van der Waals surface area contributed by atoms with Gasteiger partial charge in [-0.1, -0.05) is 44.2 Å². The van der Waals surface area contributed by atoms with Crippen LogP contribution < -0.4 is 10.6 Å². The van der Waals surface area contributed by atoms with Crippen molar-refractivity contribution >= 4 is 23.2 Å². The minimum Gasteiger partial charge on any atom is -0.318 e. The molecule has 1 atom stereocenters. The molecule has 2 aromatic rings. The second-order valence-electron chi connectivity index (χ2n) is 6.05. The number of para-hydroxylation sites is 1. The van der Waals surface area contributed by atoms with E-state index in [1.807, 2.05) is 50.2 Å². The predicted octanol–water partition coefficient (Wildman–Crippen LogP) is 4.39. The summed E-state index contributed by atoms with van der Waals surface area (Å²) >= 11 is 0. The van der Waals surface area contributed by atoms with Crippen molar-refractivity contribution in [3.63, 3.8) is 0 Å². The summed E-state index contributed by atoms with van der Waals surface area (Å²) in [4.78, 5) is 24.5. The maximum absolute atomic E-state index is 12.3. The molecule has 0 aliphatic heterocycles. The van der Waals surface area contributed by atoms with Gasteiger partial charge in [0.2, 0.25) is 0 Å². The topological polar surface area (TPSA) is 58.2 Å². The number of anilines is 2. The maximum Gasteiger partial charge on any atom is 0.314 e. The number of rotatable bonds is 4. The van der Waals surface area contributed by atoms with E-state index in [0.717, 1.165) is 23.1 Å². The molecule has 4 nitrogen and oxygen atoms in total. The third-order valence-corrected chi connectivity index (χ3v) is 4.41. The molecule has 126 valence electrons. The standard InChI is InChI=1S/C20H24N2O2/c1-5-13(2)16-10-6-7-11-18(16)22-20(24)19(23)21-17-12-8-9-14(3)15(17)4/h6-13H,5H2,1-4H3,(H,21,23)(H,22,24). The van der Waals surface area contributed by atoms with E-state index in [1.54, 1.807) is 6.07 Å². The molecule has 0 heterocycles. The van der Waals surface area contributed by atoms with E-state index in [1.165, 1.54) is 0 Å². The van der Waals surface area contributed by atoms with E-state index in [0.29, 0.717) is 17.3 Å². The van der Waals surface area contributed by atoms with Crippen molar-refractivity contribution in [1.29, 1.82) is 0 Å². The zero-order chi connectivity index (χ0) is 17.7. The van der Waals surface area contributed by atoms with E-state index >= 15 is 0 Å². The summed E-state index contributed by atoms with van der Waals surface area (Å²) in [6, 6.07) is 13.2. The van der Waals surface area contributed by atoms with Crippen LogP contribution in [-0.4, -0.2) is 11.8 Å². The molecule has 2 rings (SSSR count). The molecule has 24 heavy (non-hydrogen) atoms. The normalized spacial score (nSPS) is 11.7. The largest absolute Gasteiger partial charge is 0.318 e. The van der Waals surface area contributed by atoms with Crippen LogP contribution in [-0.2, 0) is 9.59 Å². The van der Waals surface area contributed by atoms with E-state index in [9.17, 15) is 9.59 Å². The number of hydrogen-bond acceptors (Lipinski definition) is 2. The molecule has 0 aliphatic rings. The van der Waals surface area contributed by atoms with Crippen molar-refractivity contribution in [2.45, 2.75) is 40.0 Å². The fourth-order valence-electron chi connectivity index (χ4n) is 2.51. The molecule has 0 spiro atoms. The number of aryl methyl sites for hydroxylation is 1. The molecule has 2 amide bonds. The van der Waals surface area contributed by atoms with Crippen molar-refractivity contribution in [3.05, 3.63) is 59.2 Å². The van der Waals surface area contributed by atoms with Crippen molar-refractivity contribution in [3.8, 4) is 0 Å². The fourth-order valence-corrected chi connectivity index (χ4v) is 2.51. The van der Waals surface area contributed by atoms with Crippen LogP contribution in [0.2, 0.25) is 0 Å². The van der Waals surface area contributed by atoms with E-state index < -0.39 is 11.8 Å². The van der Waals surface area contributed by atoms with Crippen molar-refractivity contribution < 1.29 is 9.59 Å². The zero-order valence-electron chi connectivity index (χ0n) is 14.6. The van der Waals surface area contributed by atoms with Crippen LogP contribution in [0.1, 0.15) is 42.9 Å². The molecule has 2 aromatic carbocycles. The Balaban J connectivity index is 2.13. The second kappa shape index (κ2) is 7.77. The molecule has 4 heteroatoms. The smallest absolute Gasteiger partial charge is 0.314 e. The summed E-state index contributed by atoms with van der Waals surface area (Å²) < 4.78 is 0. The number of carbonyl (C=O) groups is 2. The molecular weight excluding hydrogens is 300 g/mol. The van der Waals surface area contributed by atoms with E-state index in [2.05, 4.69) is 24.5 Å². The summed E-state index contributed by atoms with van der Waals surface area (Å²) in [6.45, 7) is 8.08. The van der Waals surface area contributed by atoms with Crippen LogP contribution in [0.3, 0.4) is 0 Å². The van der Waals surface area contributed by atoms with Gasteiger partial charge in [-0.3, -0.25) is 9.59 Å². The highest BCUT2D eigenvalue weighted by atomic mass is 16.2. The molecule has 0 saturated carbocycles. The first-order valence-electron chi connectivity index (χ1n) is 8.21. The van der Waals surface area contributed by atoms with Gasteiger partial charge in [-0.05, 0) is 55.0 Å². The van der Waals surface area contributed by atoms with Crippen molar-refractivity contribution in [2.24, 2.45) is 0 Å². The average molecular weight is 324 g/mol. The fraction of sp³-hybridized carbons (Fsp3) is 0.300. The Labute approximate surface area is 143 Å². The lowest BCUT2D eigenvalue weighted by Crippen LogP contribution is -2.29. The van der Waals surface area contributed by atoms with Gasteiger partial charge < -0.3 is 10.6 Å². The van der Waals surface area contributed by atoms with E-state index in [-0.39, 0.29) is 0 Å². The monoisotopic (exact) mass is 324 g/mol. The lowest BCUT2D eigenvalue weighted by molar-refractivity contribution is -0.133. The van der Waals surface area contributed by atoms with Gasteiger partial charge in [0, 0.05) is 11.4 Å². The van der Waals surface area contributed by atoms with Gasteiger partial charge in [0.25, 0.3) is 0 Å². The second-order valence-corrected chi connectivity index (χ2v) is 6.05. The average Bonchev–Trinajstić information content (AvgIpc) is 2.58. The highest BCUT2D eigenvalue weighted by molar-refractivity contribution is 6.43. The summed E-state index contributed by atoms with van der Waals surface area (Å²) in [7, 11) is 0. The Hall–Kier alpha value is -2.62. The summed E-state index contributed by atoms with van der Waals surface area (Å²) in [6.07, 6.45) is 0.960. The van der Waals surface area contributed by atoms with Gasteiger partial charge in [0.15, 0.2) is 0 Å². The van der Waals surface area contributed by atoms with Crippen LogP contribution in [0.5, 0.6) is 0 Å². The first kappa shape index (κ1) is 17.7. The summed E-state index contributed by atoms with van der Waals surface area (Å²) in [5, 5.41) is 5.41. The van der Waals surface area contributed by atoms with Gasteiger partial charge in [0.1, 0.15) is 0 Å². The van der Waals surface area contributed by atoms with Gasteiger partial charge in [-0.25, -0.2) is 0 Å². The zero-order valence-corrected chi connectivity index (χ0v) is 14.6. The van der Waals surface area contributed by atoms with Crippen LogP contribution in [0.15, 0.2) is 42.5 Å².